The van der Waals surface area contributed by atoms with Gasteiger partial charge in [-0.25, -0.2) is 0 Å². The number of morpholine rings is 1. The topological polar surface area (TPSA) is 58.1 Å². The first-order chi connectivity index (χ1) is 15.2. The lowest BCUT2D eigenvalue weighted by Crippen LogP contribution is -2.39. The molecule has 2 aromatic rings. The summed E-state index contributed by atoms with van der Waals surface area (Å²) in [6.07, 6.45) is 0. The number of ether oxygens (including phenoxy) is 2. The highest BCUT2D eigenvalue weighted by Gasteiger charge is 2.10. The number of guanidine groups is 1. The molecule has 0 radical (unpaired) electrons. The maximum Gasteiger partial charge on any atom is 0.191 e. The highest BCUT2D eigenvalue weighted by Crippen LogP contribution is 2.21. The van der Waals surface area contributed by atoms with E-state index >= 15 is 0 Å². The van der Waals surface area contributed by atoms with Gasteiger partial charge in [0, 0.05) is 49.9 Å². The van der Waals surface area contributed by atoms with E-state index in [1.165, 1.54) is 10.5 Å². The number of hydrogen-bond donors (Lipinski definition) is 2. The van der Waals surface area contributed by atoms with E-state index in [4.69, 9.17) is 9.47 Å². The van der Waals surface area contributed by atoms with Gasteiger partial charge in [-0.15, -0.1) is 11.8 Å². The maximum absolute atomic E-state index is 5.96. The second-order valence-corrected chi connectivity index (χ2v) is 9.01. The second kappa shape index (κ2) is 13.2. The van der Waals surface area contributed by atoms with Crippen LogP contribution in [0.15, 0.2) is 64.5 Å². The minimum absolute atomic E-state index is 0.434. The quantitative estimate of drug-likeness (QED) is 0.335. The van der Waals surface area contributed by atoms with Gasteiger partial charge in [0.15, 0.2) is 5.96 Å². The Kier molecular flexibility index (Phi) is 10.0. The molecule has 6 nitrogen and oxygen atoms in total. The van der Waals surface area contributed by atoms with Crippen molar-refractivity contribution in [1.82, 2.24) is 15.5 Å². The highest BCUT2D eigenvalue weighted by molar-refractivity contribution is 8.00. The smallest absolute Gasteiger partial charge is 0.191 e. The molecule has 1 aliphatic rings. The standard InChI is InChI=1S/C24H34N4O2S/c1-20(31-23-9-4-3-5-10-23)18-26-24(25-2)27-19-21-7-6-8-22(17-21)30-16-13-28-11-14-29-15-12-28/h3-10,17,20H,11-16,18-19H2,1-2H3,(H2,25,26,27). The van der Waals surface area contributed by atoms with Gasteiger partial charge in [0.05, 0.1) is 13.2 Å². The van der Waals surface area contributed by atoms with Gasteiger partial charge < -0.3 is 20.1 Å². The molecule has 2 N–H and O–H groups in total. The van der Waals surface area contributed by atoms with E-state index in [0.29, 0.717) is 18.4 Å². The molecule has 0 spiro atoms. The van der Waals surface area contributed by atoms with E-state index in [-0.39, 0.29) is 0 Å². The van der Waals surface area contributed by atoms with Gasteiger partial charge >= 0.3 is 0 Å². The molecule has 168 valence electrons. The number of hydrogen-bond acceptors (Lipinski definition) is 5. The predicted octanol–water partition coefficient (Wildman–Crippen LogP) is 3.24. The normalized spacial score (nSPS) is 16.0. The van der Waals surface area contributed by atoms with E-state index in [2.05, 4.69) is 63.8 Å². The van der Waals surface area contributed by atoms with Crippen LogP contribution in [0.4, 0.5) is 0 Å². The summed E-state index contributed by atoms with van der Waals surface area (Å²) in [4.78, 5) is 8.00. The Bertz CT molecular complexity index is 797. The zero-order valence-electron chi connectivity index (χ0n) is 18.5. The fourth-order valence-electron chi connectivity index (χ4n) is 3.28. The molecule has 1 saturated heterocycles. The van der Waals surface area contributed by atoms with Crippen molar-refractivity contribution in [2.45, 2.75) is 23.6 Å². The minimum atomic E-state index is 0.434. The van der Waals surface area contributed by atoms with Crippen LogP contribution in [0, 0.1) is 0 Å². The Labute approximate surface area is 190 Å². The van der Waals surface area contributed by atoms with E-state index in [1.54, 1.807) is 7.05 Å². The fraction of sp³-hybridized carbons (Fsp3) is 0.458. The number of benzene rings is 2. The molecule has 1 heterocycles. The Hall–Kier alpha value is -2.22. The van der Waals surface area contributed by atoms with Crippen molar-refractivity contribution in [1.29, 1.82) is 0 Å². The lowest BCUT2D eigenvalue weighted by atomic mass is 10.2. The van der Waals surface area contributed by atoms with E-state index in [1.807, 2.05) is 30.0 Å². The molecule has 1 fully saturated rings. The molecule has 1 aliphatic heterocycles. The van der Waals surface area contributed by atoms with Gasteiger partial charge in [0.1, 0.15) is 12.4 Å². The zero-order valence-corrected chi connectivity index (χ0v) is 19.4. The Morgan fingerprint density at radius 3 is 2.71 bits per heavy atom. The molecule has 0 saturated carbocycles. The van der Waals surface area contributed by atoms with E-state index in [0.717, 1.165) is 51.1 Å². The largest absolute Gasteiger partial charge is 0.492 e. The summed E-state index contributed by atoms with van der Waals surface area (Å²) < 4.78 is 11.3. The molecule has 0 aliphatic carbocycles. The summed E-state index contributed by atoms with van der Waals surface area (Å²) in [6.45, 7) is 8.99. The molecule has 0 bridgehead atoms. The summed E-state index contributed by atoms with van der Waals surface area (Å²) in [5.41, 5.74) is 1.17. The number of aliphatic imine (C=N–C) groups is 1. The molecule has 31 heavy (non-hydrogen) atoms. The van der Waals surface area contributed by atoms with Crippen LogP contribution in [0.25, 0.3) is 0 Å². The zero-order chi connectivity index (χ0) is 21.7. The first-order valence-electron chi connectivity index (χ1n) is 10.9. The molecule has 0 aromatic heterocycles. The van der Waals surface area contributed by atoms with Crippen molar-refractivity contribution in [2.75, 3.05) is 53.0 Å². The van der Waals surface area contributed by atoms with Gasteiger partial charge in [-0.1, -0.05) is 37.3 Å². The number of rotatable bonds is 10. The van der Waals surface area contributed by atoms with Crippen molar-refractivity contribution in [2.24, 2.45) is 4.99 Å². The fourth-order valence-corrected chi connectivity index (χ4v) is 4.23. The third kappa shape index (κ3) is 8.81. The number of nitrogens with zero attached hydrogens (tertiary/aromatic N) is 2. The monoisotopic (exact) mass is 442 g/mol. The molecule has 7 heteroatoms. The van der Waals surface area contributed by atoms with Crippen molar-refractivity contribution in [3.63, 3.8) is 0 Å². The van der Waals surface area contributed by atoms with E-state index in [9.17, 15) is 0 Å². The van der Waals surface area contributed by atoms with Crippen LogP contribution in [0.3, 0.4) is 0 Å². The van der Waals surface area contributed by atoms with Crippen molar-refractivity contribution >= 4 is 17.7 Å². The molecule has 3 rings (SSSR count). The first kappa shape index (κ1) is 23.4. The minimum Gasteiger partial charge on any atom is -0.492 e. The van der Waals surface area contributed by atoms with Crippen LogP contribution in [-0.4, -0.2) is 69.2 Å². The SMILES string of the molecule is CN=C(NCc1cccc(OCCN2CCOCC2)c1)NCC(C)Sc1ccccc1. The van der Waals surface area contributed by atoms with Crippen LogP contribution in [0.1, 0.15) is 12.5 Å². The Morgan fingerprint density at radius 2 is 1.94 bits per heavy atom. The lowest BCUT2D eigenvalue weighted by molar-refractivity contribution is 0.0322. The molecular weight excluding hydrogens is 408 g/mol. The molecule has 0 amide bonds. The number of thioether (sulfide) groups is 1. The molecule has 1 atom stereocenters. The highest BCUT2D eigenvalue weighted by atomic mass is 32.2. The Balaban J connectivity index is 1.38. The van der Waals surface area contributed by atoms with Crippen molar-refractivity contribution in [3.05, 3.63) is 60.2 Å². The maximum atomic E-state index is 5.96. The van der Waals surface area contributed by atoms with Gasteiger partial charge in [-0.3, -0.25) is 9.89 Å². The van der Waals surface area contributed by atoms with Crippen LogP contribution in [-0.2, 0) is 11.3 Å². The van der Waals surface area contributed by atoms with Crippen molar-refractivity contribution in [3.8, 4) is 5.75 Å². The average molecular weight is 443 g/mol. The summed E-state index contributed by atoms with van der Waals surface area (Å²) in [6, 6.07) is 18.7. The second-order valence-electron chi connectivity index (χ2n) is 7.50. The molecular formula is C24H34N4O2S. The van der Waals surface area contributed by atoms with Gasteiger partial charge in [0.2, 0.25) is 0 Å². The van der Waals surface area contributed by atoms with Crippen LogP contribution in [0.5, 0.6) is 5.75 Å². The van der Waals surface area contributed by atoms with Crippen molar-refractivity contribution < 1.29 is 9.47 Å². The summed E-state index contributed by atoms with van der Waals surface area (Å²) in [7, 11) is 1.80. The Morgan fingerprint density at radius 1 is 1.13 bits per heavy atom. The first-order valence-corrected chi connectivity index (χ1v) is 11.8. The van der Waals surface area contributed by atoms with Crippen LogP contribution < -0.4 is 15.4 Å². The summed E-state index contributed by atoms with van der Waals surface area (Å²) in [5.74, 6) is 1.71. The molecule has 1 unspecified atom stereocenters. The third-order valence-electron chi connectivity index (χ3n) is 5.00. The van der Waals surface area contributed by atoms with Crippen LogP contribution in [0.2, 0.25) is 0 Å². The predicted molar refractivity (Wildman–Crippen MR) is 129 cm³/mol. The molecule has 2 aromatic carbocycles. The van der Waals surface area contributed by atoms with Crippen LogP contribution >= 0.6 is 11.8 Å². The van der Waals surface area contributed by atoms with Gasteiger partial charge in [-0.05, 0) is 29.8 Å². The van der Waals surface area contributed by atoms with Gasteiger partial charge in [-0.2, -0.15) is 0 Å². The van der Waals surface area contributed by atoms with Gasteiger partial charge in [0.25, 0.3) is 0 Å². The lowest BCUT2D eigenvalue weighted by Gasteiger charge is -2.26. The average Bonchev–Trinajstić information content (AvgIpc) is 2.81. The summed E-state index contributed by atoms with van der Waals surface area (Å²) >= 11 is 1.86. The summed E-state index contributed by atoms with van der Waals surface area (Å²) in [5, 5.41) is 7.24. The number of nitrogens with one attached hydrogen (secondary N) is 2. The third-order valence-corrected chi connectivity index (χ3v) is 6.11. The van der Waals surface area contributed by atoms with E-state index < -0.39 is 0 Å².